The van der Waals surface area contributed by atoms with E-state index in [9.17, 15) is 0 Å². The lowest BCUT2D eigenvalue weighted by Crippen LogP contribution is -2.35. The molecule has 0 saturated heterocycles. The van der Waals surface area contributed by atoms with Crippen molar-refractivity contribution in [2.75, 3.05) is 27.8 Å². The molecule has 5 rings (SSSR count). The largest absolute Gasteiger partial charge is 0.493 e. The fourth-order valence-corrected chi connectivity index (χ4v) is 5.03. The average molecular weight is 413 g/mol. The van der Waals surface area contributed by atoms with E-state index in [2.05, 4.69) is 57.1 Å². The van der Waals surface area contributed by atoms with E-state index in [1.54, 1.807) is 14.2 Å². The molecule has 0 radical (unpaired) electrons. The van der Waals surface area contributed by atoms with Crippen LogP contribution in [0.3, 0.4) is 0 Å². The van der Waals surface area contributed by atoms with E-state index in [4.69, 9.17) is 9.47 Å². The summed E-state index contributed by atoms with van der Waals surface area (Å²) in [5.41, 5.74) is 7.66. The topological polar surface area (TPSA) is 37.5 Å². The maximum atomic E-state index is 5.85. The number of nitrogens with zero attached hydrogens (tertiary/aromatic N) is 1. The molecule has 4 nitrogen and oxygen atoms in total. The highest BCUT2D eigenvalue weighted by Crippen LogP contribution is 2.53. The number of ether oxygens (including phenoxy) is 2. The van der Waals surface area contributed by atoms with Crippen LogP contribution in [0.15, 0.2) is 28.7 Å². The molecule has 1 atom stereocenters. The minimum absolute atomic E-state index is 0.374. The van der Waals surface area contributed by atoms with E-state index < -0.39 is 0 Å². The Bertz CT molecular complexity index is 1040. The normalized spacial score (nSPS) is 18.5. The summed E-state index contributed by atoms with van der Waals surface area (Å²) in [6.45, 7) is 1.06. The molecule has 2 aliphatic rings. The lowest BCUT2D eigenvalue weighted by molar-refractivity contribution is 0.227. The van der Waals surface area contributed by atoms with Crippen molar-refractivity contribution >= 4 is 26.8 Å². The Labute approximate surface area is 161 Å². The number of fused-ring (bicyclic) bond motifs is 4. The van der Waals surface area contributed by atoms with Gasteiger partial charge in [0, 0.05) is 33.5 Å². The van der Waals surface area contributed by atoms with E-state index in [0.29, 0.717) is 6.04 Å². The molecule has 0 amide bonds. The molecule has 3 aromatic rings. The fourth-order valence-electron chi connectivity index (χ4n) is 4.67. The van der Waals surface area contributed by atoms with Crippen molar-refractivity contribution < 1.29 is 9.47 Å². The van der Waals surface area contributed by atoms with Crippen LogP contribution < -0.4 is 9.47 Å². The van der Waals surface area contributed by atoms with Gasteiger partial charge in [-0.15, -0.1) is 0 Å². The summed E-state index contributed by atoms with van der Waals surface area (Å²) in [6, 6.07) is 8.98. The molecule has 134 valence electrons. The Morgan fingerprint density at radius 3 is 2.81 bits per heavy atom. The molecule has 2 heterocycles. The molecule has 0 spiro atoms. The standard InChI is InChI=1S/C21H21BrN2O2/c1-24-7-6-11-8-17(25-2)21(26-3)19-18(11)16(24)10-14-13-9-12(22)4-5-15(13)23-20(14)19/h4-5,8-9,16,23H,6-7,10H2,1-3H3. The minimum Gasteiger partial charge on any atom is -0.493 e. The summed E-state index contributed by atoms with van der Waals surface area (Å²) >= 11 is 3.63. The summed E-state index contributed by atoms with van der Waals surface area (Å²) in [5.74, 6) is 1.65. The van der Waals surface area contributed by atoms with Crippen LogP contribution in [-0.4, -0.2) is 37.7 Å². The van der Waals surface area contributed by atoms with Crippen molar-refractivity contribution in [3.63, 3.8) is 0 Å². The third-order valence-corrected chi connectivity index (χ3v) is 6.40. The van der Waals surface area contributed by atoms with Gasteiger partial charge in [0.25, 0.3) is 0 Å². The van der Waals surface area contributed by atoms with Gasteiger partial charge in [-0.25, -0.2) is 0 Å². The first kappa shape index (κ1) is 16.2. The molecule has 1 N–H and O–H groups in total. The van der Waals surface area contributed by atoms with Crippen LogP contribution in [0.2, 0.25) is 0 Å². The fraction of sp³-hybridized carbons (Fsp3) is 0.333. The zero-order chi connectivity index (χ0) is 18.0. The molecule has 1 unspecified atom stereocenters. The van der Waals surface area contributed by atoms with Crippen LogP contribution in [0.5, 0.6) is 11.5 Å². The Kier molecular flexibility index (Phi) is 3.59. The second-order valence-corrected chi connectivity index (χ2v) is 8.09. The molecular weight excluding hydrogens is 392 g/mol. The zero-order valence-corrected chi connectivity index (χ0v) is 16.7. The van der Waals surface area contributed by atoms with Crippen molar-refractivity contribution in [1.82, 2.24) is 9.88 Å². The second-order valence-electron chi connectivity index (χ2n) is 7.18. The van der Waals surface area contributed by atoms with E-state index in [-0.39, 0.29) is 0 Å². The highest BCUT2D eigenvalue weighted by molar-refractivity contribution is 9.10. The third kappa shape index (κ3) is 2.10. The number of rotatable bonds is 2. The predicted molar refractivity (Wildman–Crippen MR) is 107 cm³/mol. The summed E-state index contributed by atoms with van der Waals surface area (Å²) in [4.78, 5) is 6.13. The third-order valence-electron chi connectivity index (χ3n) is 5.91. The molecule has 5 heteroatoms. The van der Waals surface area contributed by atoms with Crippen LogP contribution in [0, 0.1) is 0 Å². The van der Waals surface area contributed by atoms with E-state index in [1.165, 1.54) is 33.3 Å². The first-order valence-corrected chi connectivity index (χ1v) is 9.70. The molecule has 2 aromatic carbocycles. The van der Waals surface area contributed by atoms with Gasteiger partial charge in [0.05, 0.1) is 19.9 Å². The molecule has 0 fully saturated rings. The predicted octanol–water partition coefficient (Wildman–Crippen LogP) is 4.70. The van der Waals surface area contributed by atoms with Crippen molar-refractivity contribution in [1.29, 1.82) is 0 Å². The van der Waals surface area contributed by atoms with E-state index >= 15 is 0 Å². The Hall–Kier alpha value is -1.98. The summed E-state index contributed by atoms with van der Waals surface area (Å²) in [5, 5.41) is 1.28. The smallest absolute Gasteiger partial charge is 0.170 e. The van der Waals surface area contributed by atoms with Gasteiger partial charge >= 0.3 is 0 Å². The molecule has 0 bridgehead atoms. The molecular formula is C21H21BrN2O2. The number of nitrogens with one attached hydrogen (secondary N) is 1. The number of likely N-dealkylation sites (N-methyl/N-ethyl adjacent to an activating group) is 1. The number of aromatic nitrogens is 1. The van der Waals surface area contributed by atoms with Crippen LogP contribution in [-0.2, 0) is 12.8 Å². The molecule has 0 saturated carbocycles. The van der Waals surface area contributed by atoms with Gasteiger partial charge in [-0.2, -0.15) is 0 Å². The van der Waals surface area contributed by atoms with Gasteiger partial charge in [-0.1, -0.05) is 15.9 Å². The maximum Gasteiger partial charge on any atom is 0.170 e. The quantitative estimate of drug-likeness (QED) is 0.662. The van der Waals surface area contributed by atoms with Crippen LogP contribution >= 0.6 is 15.9 Å². The second kappa shape index (κ2) is 5.76. The lowest BCUT2D eigenvalue weighted by atomic mass is 9.78. The number of methoxy groups -OCH3 is 2. The van der Waals surface area contributed by atoms with Crippen molar-refractivity contribution in [3.05, 3.63) is 45.4 Å². The summed E-state index contributed by atoms with van der Waals surface area (Å²) < 4.78 is 12.6. The number of hydrogen-bond acceptors (Lipinski definition) is 3. The zero-order valence-electron chi connectivity index (χ0n) is 15.1. The number of hydrogen-bond donors (Lipinski definition) is 1. The van der Waals surface area contributed by atoms with E-state index in [1.807, 2.05) is 0 Å². The molecule has 1 aliphatic carbocycles. The highest BCUT2D eigenvalue weighted by Gasteiger charge is 2.37. The Morgan fingerprint density at radius 2 is 2.04 bits per heavy atom. The van der Waals surface area contributed by atoms with Crippen LogP contribution in [0.1, 0.15) is 22.7 Å². The molecule has 1 aromatic heterocycles. The van der Waals surface area contributed by atoms with Gasteiger partial charge < -0.3 is 14.5 Å². The maximum absolute atomic E-state index is 5.85. The molecule has 26 heavy (non-hydrogen) atoms. The van der Waals surface area contributed by atoms with Crippen molar-refractivity contribution in [2.24, 2.45) is 0 Å². The Morgan fingerprint density at radius 1 is 1.19 bits per heavy atom. The number of benzene rings is 2. The first-order valence-electron chi connectivity index (χ1n) is 8.90. The van der Waals surface area contributed by atoms with Gasteiger partial charge in [0.2, 0.25) is 0 Å². The molecule has 1 aliphatic heterocycles. The van der Waals surface area contributed by atoms with E-state index in [0.717, 1.165) is 40.9 Å². The van der Waals surface area contributed by atoms with Crippen LogP contribution in [0.25, 0.3) is 22.2 Å². The van der Waals surface area contributed by atoms with Crippen molar-refractivity contribution in [3.8, 4) is 22.8 Å². The van der Waals surface area contributed by atoms with Crippen molar-refractivity contribution in [2.45, 2.75) is 18.9 Å². The van der Waals surface area contributed by atoms with Gasteiger partial charge in [0.15, 0.2) is 11.5 Å². The number of H-pyrrole nitrogens is 1. The lowest BCUT2D eigenvalue weighted by Gasteiger charge is -2.39. The number of aromatic amines is 1. The summed E-state index contributed by atoms with van der Waals surface area (Å²) in [6.07, 6.45) is 2.05. The van der Waals surface area contributed by atoms with Gasteiger partial charge in [-0.05, 0) is 60.8 Å². The first-order chi connectivity index (χ1) is 12.6. The van der Waals surface area contributed by atoms with Crippen LogP contribution in [0.4, 0.5) is 0 Å². The minimum atomic E-state index is 0.374. The van der Waals surface area contributed by atoms with Gasteiger partial charge in [-0.3, -0.25) is 4.90 Å². The average Bonchev–Trinajstić information content (AvgIpc) is 3.01. The van der Waals surface area contributed by atoms with Gasteiger partial charge in [0.1, 0.15) is 0 Å². The summed E-state index contributed by atoms with van der Waals surface area (Å²) in [7, 11) is 5.68. The Balaban J connectivity index is 1.90. The number of halogens is 1. The monoisotopic (exact) mass is 412 g/mol. The highest BCUT2D eigenvalue weighted by atomic mass is 79.9. The SMILES string of the molecule is COc1cc2c3c(c1OC)-c1[nH]c4ccc(Br)cc4c1CC3N(C)CC2.